The fraction of sp³-hybridized carbons (Fsp3) is 0.316. The van der Waals surface area contributed by atoms with E-state index in [1.165, 1.54) is 11.1 Å². The molecule has 0 fully saturated rings. The van der Waals surface area contributed by atoms with Gasteiger partial charge in [-0.15, -0.1) is 0 Å². The Kier molecular flexibility index (Phi) is 5.54. The molecule has 108 valence electrons. The molecule has 0 aromatic heterocycles. The van der Waals surface area contributed by atoms with Crippen LogP contribution in [-0.4, -0.2) is 10.9 Å². The van der Waals surface area contributed by atoms with E-state index in [-0.39, 0.29) is 6.04 Å². The van der Waals surface area contributed by atoms with Gasteiger partial charge in [0.1, 0.15) is 6.04 Å². The van der Waals surface area contributed by atoms with Crippen LogP contribution in [0.4, 0.5) is 0 Å². The van der Waals surface area contributed by atoms with Crippen LogP contribution in [0, 0.1) is 17.2 Å². The second-order valence-electron chi connectivity index (χ2n) is 5.69. The number of nitrogens with zero attached hydrogens (tertiary/aromatic N) is 2. The van der Waals surface area contributed by atoms with E-state index >= 15 is 0 Å². The predicted molar refractivity (Wildman–Crippen MR) is 86.4 cm³/mol. The second-order valence-corrected chi connectivity index (χ2v) is 5.69. The lowest BCUT2D eigenvalue weighted by molar-refractivity contribution is 0.178. The molecule has 2 nitrogen and oxygen atoms in total. The lowest BCUT2D eigenvalue weighted by Gasteiger charge is -2.29. The largest absolute Gasteiger partial charge is 0.279 e. The molecule has 0 radical (unpaired) electrons. The van der Waals surface area contributed by atoms with Crippen LogP contribution in [-0.2, 0) is 13.1 Å². The molecule has 1 unspecified atom stereocenters. The Morgan fingerprint density at radius 2 is 1.29 bits per heavy atom. The molecule has 0 aliphatic rings. The van der Waals surface area contributed by atoms with Gasteiger partial charge in [0.25, 0.3) is 0 Å². The molecule has 0 spiro atoms. The van der Waals surface area contributed by atoms with Crippen LogP contribution in [0.25, 0.3) is 0 Å². The summed E-state index contributed by atoms with van der Waals surface area (Å²) in [6.07, 6.45) is 0. The quantitative estimate of drug-likeness (QED) is 0.790. The highest BCUT2D eigenvalue weighted by molar-refractivity contribution is 5.18. The molecule has 0 heterocycles. The first-order valence-corrected chi connectivity index (χ1v) is 7.42. The summed E-state index contributed by atoms with van der Waals surface area (Å²) in [5.41, 5.74) is 2.49. The fourth-order valence-corrected chi connectivity index (χ4v) is 2.54. The molecule has 0 aliphatic heterocycles. The van der Waals surface area contributed by atoms with Gasteiger partial charge in [0.15, 0.2) is 0 Å². The summed E-state index contributed by atoms with van der Waals surface area (Å²) >= 11 is 0. The molecule has 1 atom stereocenters. The molecule has 0 saturated heterocycles. The number of hydrogen-bond donors (Lipinski definition) is 0. The highest BCUT2D eigenvalue weighted by Gasteiger charge is 2.21. The van der Waals surface area contributed by atoms with Crippen LogP contribution in [0.3, 0.4) is 0 Å². The average molecular weight is 278 g/mol. The number of nitriles is 1. The molecule has 0 bridgehead atoms. The maximum absolute atomic E-state index is 9.53. The van der Waals surface area contributed by atoms with E-state index in [9.17, 15) is 5.26 Å². The van der Waals surface area contributed by atoms with Crippen LogP contribution >= 0.6 is 0 Å². The first kappa shape index (κ1) is 15.3. The summed E-state index contributed by atoms with van der Waals surface area (Å²) in [5.74, 6) is 0.308. The SMILES string of the molecule is CC(C)C(C#N)N(Cc1ccccc1)Cc1ccccc1. The van der Waals surface area contributed by atoms with E-state index in [0.29, 0.717) is 5.92 Å². The minimum atomic E-state index is -0.0783. The van der Waals surface area contributed by atoms with E-state index < -0.39 is 0 Å². The Bertz CT molecular complexity index is 528. The van der Waals surface area contributed by atoms with Crippen LogP contribution in [0.2, 0.25) is 0 Å². The Hall–Kier alpha value is -2.11. The smallest absolute Gasteiger partial charge is 0.101 e. The van der Waals surface area contributed by atoms with Crippen LogP contribution < -0.4 is 0 Å². The molecule has 2 aromatic rings. The lowest BCUT2D eigenvalue weighted by atomic mass is 10.0. The van der Waals surface area contributed by atoms with E-state index in [2.05, 4.69) is 49.1 Å². The zero-order valence-corrected chi connectivity index (χ0v) is 12.7. The van der Waals surface area contributed by atoms with Crippen molar-refractivity contribution < 1.29 is 0 Å². The summed E-state index contributed by atoms with van der Waals surface area (Å²) in [6.45, 7) is 5.81. The van der Waals surface area contributed by atoms with Crippen molar-refractivity contribution in [1.29, 1.82) is 5.26 Å². The molecule has 2 rings (SSSR count). The Labute approximate surface area is 127 Å². The molecule has 21 heavy (non-hydrogen) atoms. The molecular weight excluding hydrogens is 256 g/mol. The van der Waals surface area contributed by atoms with Gasteiger partial charge in [-0.3, -0.25) is 4.90 Å². The number of hydrogen-bond acceptors (Lipinski definition) is 2. The van der Waals surface area contributed by atoms with Crippen molar-refractivity contribution in [2.24, 2.45) is 5.92 Å². The second kappa shape index (κ2) is 7.61. The monoisotopic (exact) mass is 278 g/mol. The van der Waals surface area contributed by atoms with E-state index in [1.54, 1.807) is 0 Å². The molecule has 0 aliphatic carbocycles. The molecule has 0 saturated carbocycles. The minimum Gasteiger partial charge on any atom is -0.279 e. The zero-order valence-electron chi connectivity index (χ0n) is 12.7. The maximum Gasteiger partial charge on any atom is 0.101 e. The van der Waals surface area contributed by atoms with Gasteiger partial charge in [0, 0.05) is 13.1 Å². The Morgan fingerprint density at radius 3 is 1.62 bits per heavy atom. The van der Waals surface area contributed by atoms with Crippen molar-refractivity contribution in [3.8, 4) is 6.07 Å². The third-order valence-electron chi connectivity index (χ3n) is 3.61. The highest BCUT2D eigenvalue weighted by Crippen LogP contribution is 2.17. The minimum absolute atomic E-state index is 0.0783. The first-order chi connectivity index (χ1) is 10.2. The standard InChI is InChI=1S/C19H22N2/c1-16(2)19(13-20)21(14-17-9-5-3-6-10-17)15-18-11-7-4-8-12-18/h3-12,16,19H,14-15H2,1-2H3. The highest BCUT2D eigenvalue weighted by atomic mass is 15.2. The third-order valence-corrected chi connectivity index (χ3v) is 3.61. The van der Waals surface area contributed by atoms with Gasteiger partial charge in [-0.1, -0.05) is 74.5 Å². The summed E-state index contributed by atoms with van der Waals surface area (Å²) < 4.78 is 0. The Morgan fingerprint density at radius 1 is 0.857 bits per heavy atom. The summed E-state index contributed by atoms with van der Waals surface area (Å²) in [6, 6.07) is 23.1. The van der Waals surface area contributed by atoms with E-state index in [1.807, 2.05) is 36.4 Å². The molecule has 0 amide bonds. The van der Waals surface area contributed by atoms with Gasteiger partial charge in [-0.25, -0.2) is 0 Å². The summed E-state index contributed by atoms with van der Waals surface area (Å²) in [4.78, 5) is 2.26. The summed E-state index contributed by atoms with van der Waals surface area (Å²) in [5, 5.41) is 9.53. The predicted octanol–water partition coefficient (Wildman–Crippen LogP) is 4.24. The van der Waals surface area contributed by atoms with Crippen molar-refractivity contribution in [3.05, 3.63) is 71.8 Å². The van der Waals surface area contributed by atoms with Crippen LogP contribution in [0.5, 0.6) is 0 Å². The van der Waals surface area contributed by atoms with Gasteiger partial charge in [0.2, 0.25) is 0 Å². The molecule has 2 heteroatoms. The zero-order chi connectivity index (χ0) is 15.1. The molecule has 0 N–H and O–H groups in total. The number of benzene rings is 2. The van der Waals surface area contributed by atoms with Gasteiger partial charge >= 0.3 is 0 Å². The molecule has 2 aromatic carbocycles. The van der Waals surface area contributed by atoms with Gasteiger partial charge in [-0.2, -0.15) is 5.26 Å². The van der Waals surface area contributed by atoms with Crippen LogP contribution in [0.15, 0.2) is 60.7 Å². The first-order valence-electron chi connectivity index (χ1n) is 7.42. The van der Waals surface area contributed by atoms with Crippen molar-refractivity contribution >= 4 is 0 Å². The van der Waals surface area contributed by atoms with Crippen molar-refractivity contribution in [2.75, 3.05) is 0 Å². The van der Waals surface area contributed by atoms with E-state index in [4.69, 9.17) is 0 Å². The average Bonchev–Trinajstić information content (AvgIpc) is 2.49. The summed E-state index contributed by atoms with van der Waals surface area (Å²) in [7, 11) is 0. The normalized spacial score (nSPS) is 12.3. The maximum atomic E-state index is 9.53. The topological polar surface area (TPSA) is 27.0 Å². The van der Waals surface area contributed by atoms with Gasteiger partial charge in [0.05, 0.1) is 6.07 Å². The molecular formula is C19H22N2. The van der Waals surface area contributed by atoms with Crippen LogP contribution in [0.1, 0.15) is 25.0 Å². The van der Waals surface area contributed by atoms with Crippen molar-refractivity contribution in [2.45, 2.75) is 33.0 Å². The third kappa shape index (κ3) is 4.44. The van der Waals surface area contributed by atoms with Crippen molar-refractivity contribution in [3.63, 3.8) is 0 Å². The van der Waals surface area contributed by atoms with Crippen molar-refractivity contribution in [1.82, 2.24) is 4.90 Å². The van der Waals surface area contributed by atoms with E-state index in [0.717, 1.165) is 13.1 Å². The van der Waals surface area contributed by atoms with Gasteiger partial charge < -0.3 is 0 Å². The lowest BCUT2D eigenvalue weighted by Crippen LogP contribution is -2.37. The number of rotatable bonds is 6. The van der Waals surface area contributed by atoms with Gasteiger partial charge in [-0.05, 0) is 17.0 Å². The fourth-order valence-electron chi connectivity index (χ4n) is 2.54. The Balaban J connectivity index is 2.20.